The standard InChI is InChI=1S/C16H14ClN5O/c17-11-6-7-12-13(8-11)22-15(14(18)19-12)20-21(16(22)23)9-10-4-2-1-3-5-10/h1-2,4,6-8H,3,5,9H2,(H2,18,19). The lowest BCUT2D eigenvalue weighted by Crippen LogP contribution is -2.22. The number of aromatic nitrogens is 4. The van der Waals surface area contributed by atoms with E-state index < -0.39 is 0 Å². The van der Waals surface area contributed by atoms with Crippen molar-refractivity contribution in [3.8, 4) is 0 Å². The van der Waals surface area contributed by atoms with Gasteiger partial charge in [0.1, 0.15) is 0 Å². The summed E-state index contributed by atoms with van der Waals surface area (Å²) in [5, 5.41) is 4.89. The van der Waals surface area contributed by atoms with Crippen molar-refractivity contribution in [1.29, 1.82) is 0 Å². The number of nitrogens with two attached hydrogens (primary N) is 1. The summed E-state index contributed by atoms with van der Waals surface area (Å²) in [6, 6.07) is 5.16. The number of anilines is 1. The number of fused-ring (bicyclic) bond motifs is 3. The van der Waals surface area contributed by atoms with Crippen molar-refractivity contribution >= 4 is 34.1 Å². The summed E-state index contributed by atoms with van der Waals surface area (Å²) in [6.45, 7) is 0.451. The normalized spacial score (nSPS) is 14.6. The van der Waals surface area contributed by atoms with E-state index in [4.69, 9.17) is 17.3 Å². The topological polar surface area (TPSA) is 78.2 Å². The molecule has 1 aromatic carbocycles. The molecule has 23 heavy (non-hydrogen) atoms. The van der Waals surface area contributed by atoms with E-state index >= 15 is 0 Å². The Hall–Kier alpha value is -2.60. The number of nitrogen functional groups attached to an aromatic ring is 1. The van der Waals surface area contributed by atoms with Crippen LogP contribution in [0.5, 0.6) is 0 Å². The first kappa shape index (κ1) is 14.0. The predicted molar refractivity (Wildman–Crippen MR) is 90.6 cm³/mol. The second-order valence-corrected chi connectivity index (χ2v) is 5.96. The highest BCUT2D eigenvalue weighted by molar-refractivity contribution is 6.31. The van der Waals surface area contributed by atoms with Crippen LogP contribution in [0.3, 0.4) is 0 Å². The van der Waals surface area contributed by atoms with Gasteiger partial charge in [-0.05, 0) is 36.6 Å². The molecule has 0 aliphatic heterocycles. The van der Waals surface area contributed by atoms with Crippen LogP contribution in [-0.2, 0) is 6.54 Å². The molecule has 0 spiro atoms. The van der Waals surface area contributed by atoms with Crippen LogP contribution in [0.4, 0.5) is 5.82 Å². The number of benzene rings is 1. The smallest absolute Gasteiger partial charge is 0.351 e. The molecular weight excluding hydrogens is 314 g/mol. The molecule has 0 fully saturated rings. The van der Waals surface area contributed by atoms with Crippen molar-refractivity contribution in [3.63, 3.8) is 0 Å². The molecule has 0 atom stereocenters. The Morgan fingerprint density at radius 1 is 1.35 bits per heavy atom. The molecule has 2 aromatic heterocycles. The third kappa shape index (κ3) is 2.31. The van der Waals surface area contributed by atoms with Gasteiger partial charge in [0, 0.05) is 5.02 Å². The molecule has 0 saturated carbocycles. The summed E-state index contributed by atoms with van der Waals surface area (Å²) in [6.07, 6.45) is 8.04. The van der Waals surface area contributed by atoms with Crippen LogP contribution in [-0.4, -0.2) is 19.2 Å². The van der Waals surface area contributed by atoms with Crippen molar-refractivity contribution < 1.29 is 0 Å². The van der Waals surface area contributed by atoms with Gasteiger partial charge in [0.05, 0.1) is 17.6 Å². The van der Waals surface area contributed by atoms with Crippen molar-refractivity contribution in [3.05, 3.63) is 57.5 Å². The van der Waals surface area contributed by atoms with Crippen LogP contribution >= 0.6 is 11.6 Å². The molecule has 0 unspecified atom stereocenters. The molecule has 0 amide bonds. The maximum absolute atomic E-state index is 12.8. The minimum Gasteiger partial charge on any atom is -0.381 e. The van der Waals surface area contributed by atoms with E-state index in [1.165, 1.54) is 9.08 Å². The number of hydrogen-bond donors (Lipinski definition) is 1. The Balaban J connectivity index is 1.96. The molecule has 1 aliphatic carbocycles. The highest BCUT2D eigenvalue weighted by Crippen LogP contribution is 2.21. The second kappa shape index (κ2) is 5.24. The molecule has 1 aliphatic rings. The van der Waals surface area contributed by atoms with Crippen LogP contribution in [0.15, 0.2) is 46.8 Å². The van der Waals surface area contributed by atoms with Crippen molar-refractivity contribution in [2.45, 2.75) is 19.4 Å². The maximum atomic E-state index is 12.8. The third-order valence-electron chi connectivity index (χ3n) is 3.94. The Morgan fingerprint density at radius 3 is 3.00 bits per heavy atom. The van der Waals surface area contributed by atoms with Gasteiger partial charge in [-0.1, -0.05) is 29.8 Å². The van der Waals surface area contributed by atoms with Gasteiger partial charge in [-0.3, -0.25) is 0 Å². The van der Waals surface area contributed by atoms with E-state index in [9.17, 15) is 4.79 Å². The minimum absolute atomic E-state index is 0.230. The number of allylic oxidation sites excluding steroid dienone is 4. The van der Waals surface area contributed by atoms with E-state index in [2.05, 4.69) is 16.2 Å². The highest BCUT2D eigenvalue weighted by Gasteiger charge is 2.15. The molecule has 4 rings (SSSR count). The van der Waals surface area contributed by atoms with Gasteiger partial charge in [-0.2, -0.15) is 0 Å². The first-order chi connectivity index (χ1) is 11.1. The third-order valence-corrected chi connectivity index (χ3v) is 4.18. The average Bonchev–Trinajstić information content (AvgIpc) is 2.87. The lowest BCUT2D eigenvalue weighted by molar-refractivity contribution is 0.631. The highest BCUT2D eigenvalue weighted by atomic mass is 35.5. The summed E-state index contributed by atoms with van der Waals surface area (Å²) < 4.78 is 2.90. The van der Waals surface area contributed by atoms with Crippen LogP contribution in [0, 0.1) is 0 Å². The van der Waals surface area contributed by atoms with Crippen LogP contribution in [0.25, 0.3) is 16.7 Å². The van der Waals surface area contributed by atoms with E-state index in [1.54, 1.807) is 18.2 Å². The first-order valence-electron chi connectivity index (χ1n) is 7.32. The molecule has 6 nitrogen and oxygen atoms in total. The second-order valence-electron chi connectivity index (χ2n) is 5.52. The Morgan fingerprint density at radius 2 is 2.22 bits per heavy atom. The maximum Gasteiger partial charge on any atom is 0.351 e. The van der Waals surface area contributed by atoms with E-state index in [0.29, 0.717) is 28.2 Å². The predicted octanol–water partition coefficient (Wildman–Crippen LogP) is 2.56. The lowest BCUT2D eigenvalue weighted by Gasteiger charge is -2.07. The van der Waals surface area contributed by atoms with Gasteiger partial charge in [0.15, 0.2) is 5.82 Å². The SMILES string of the molecule is Nc1nc2ccc(Cl)cc2n2c(=O)n(CC3=CC=CCC3)nc12. The summed E-state index contributed by atoms with van der Waals surface area (Å²) >= 11 is 6.06. The lowest BCUT2D eigenvalue weighted by atomic mass is 10.1. The average molecular weight is 328 g/mol. The Kier molecular flexibility index (Phi) is 3.20. The molecule has 0 bridgehead atoms. The van der Waals surface area contributed by atoms with Gasteiger partial charge in [-0.15, -0.1) is 5.10 Å². The van der Waals surface area contributed by atoms with Gasteiger partial charge >= 0.3 is 5.69 Å². The molecule has 0 radical (unpaired) electrons. The first-order valence-corrected chi connectivity index (χ1v) is 7.70. The summed E-state index contributed by atoms with van der Waals surface area (Å²) in [5.41, 5.74) is 8.47. The fourth-order valence-electron chi connectivity index (χ4n) is 2.82. The minimum atomic E-state index is -0.239. The molecule has 116 valence electrons. The van der Waals surface area contributed by atoms with E-state index in [0.717, 1.165) is 18.4 Å². The quantitative estimate of drug-likeness (QED) is 0.784. The van der Waals surface area contributed by atoms with Gasteiger partial charge in [0.2, 0.25) is 5.65 Å². The van der Waals surface area contributed by atoms with Crippen LogP contribution in [0.2, 0.25) is 5.02 Å². The van der Waals surface area contributed by atoms with E-state index in [1.807, 2.05) is 12.2 Å². The van der Waals surface area contributed by atoms with Crippen molar-refractivity contribution in [2.24, 2.45) is 0 Å². The summed E-state index contributed by atoms with van der Waals surface area (Å²) in [4.78, 5) is 17.1. The number of halogens is 1. The number of nitrogens with zero attached hydrogens (tertiary/aromatic N) is 4. The molecule has 0 saturated heterocycles. The zero-order valence-electron chi connectivity index (χ0n) is 12.2. The number of hydrogen-bond acceptors (Lipinski definition) is 4. The molecular formula is C16H14ClN5O. The number of rotatable bonds is 2. The van der Waals surface area contributed by atoms with Gasteiger partial charge < -0.3 is 5.73 Å². The molecule has 2 N–H and O–H groups in total. The largest absolute Gasteiger partial charge is 0.381 e. The zero-order valence-corrected chi connectivity index (χ0v) is 13.0. The molecule has 7 heteroatoms. The zero-order chi connectivity index (χ0) is 16.0. The molecule has 2 heterocycles. The summed E-state index contributed by atoms with van der Waals surface area (Å²) in [7, 11) is 0. The van der Waals surface area contributed by atoms with Crippen LogP contribution < -0.4 is 11.4 Å². The van der Waals surface area contributed by atoms with Gasteiger partial charge in [-0.25, -0.2) is 18.9 Å². The molecule has 3 aromatic rings. The summed E-state index contributed by atoms with van der Waals surface area (Å²) in [5.74, 6) is 0.230. The monoisotopic (exact) mass is 327 g/mol. The van der Waals surface area contributed by atoms with Crippen molar-refractivity contribution in [2.75, 3.05) is 5.73 Å². The Labute approximate surface area is 136 Å². The van der Waals surface area contributed by atoms with E-state index in [-0.39, 0.29) is 11.5 Å². The Bertz CT molecular complexity index is 1040. The van der Waals surface area contributed by atoms with Crippen LogP contribution in [0.1, 0.15) is 12.8 Å². The fourth-order valence-corrected chi connectivity index (χ4v) is 2.99. The fraction of sp³-hybridized carbons (Fsp3) is 0.188. The van der Waals surface area contributed by atoms with Gasteiger partial charge in [0.25, 0.3) is 0 Å². The van der Waals surface area contributed by atoms with Crippen molar-refractivity contribution in [1.82, 2.24) is 19.2 Å².